The molecule has 3 nitrogen and oxygen atoms in total. The summed E-state index contributed by atoms with van der Waals surface area (Å²) >= 11 is 11.7. The fourth-order valence-electron chi connectivity index (χ4n) is 2.65. The summed E-state index contributed by atoms with van der Waals surface area (Å²) in [5, 5.41) is 0.498. The van der Waals surface area contributed by atoms with Gasteiger partial charge in [0.1, 0.15) is 0 Å². The summed E-state index contributed by atoms with van der Waals surface area (Å²) in [5.41, 5.74) is 0.642. The normalized spacial score (nSPS) is 17.0. The number of hydrogen-bond acceptors (Lipinski definition) is 2. The first-order chi connectivity index (χ1) is 9.45. The molecule has 0 spiro atoms. The molecule has 20 heavy (non-hydrogen) atoms. The Balaban J connectivity index is 2.20. The maximum absolute atomic E-state index is 12.5. The Kier molecular flexibility index (Phi) is 5.35. The van der Waals surface area contributed by atoms with Crippen LogP contribution < -0.4 is 0 Å². The number of sulfonamides is 1. The molecule has 0 atom stereocenters. The minimum absolute atomic E-state index is 0.203. The lowest BCUT2D eigenvalue weighted by Gasteiger charge is -2.21. The van der Waals surface area contributed by atoms with E-state index in [-0.39, 0.29) is 10.8 Å². The third-order valence-corrected chi connectivity index (χ3v) is 6.34. The van der Waals surface area contributed by atoms with Crippen molar-refractivity contribution in [3.05, 3.63) is 28.8 Å². The minimum atomic E-state index is -3.46. The Bertz CT molecular complexity index is 569. The Morgan fingerprint density at radius 3 is 2.55 bits per heavy atom. The van der Waals surface area contributed by atoms with Gasteiger partial charge in [-0.25, -0.2) is 12.7 Å². The van der Waals surface area contributed by atoms with Crippen LogP contribution >= 0.6 is 23.2 Å². The molecule has 0 bridgehead atoms. The van der Waals surface area contributed by atoms with Gasteiger partial charge in [-0.2, -0.15) is 0 Å². The zero-order valence-corrected chi connectivity index (χ0v) is 13.8. The Morgan fingerprint density at radius 2 is 1.95 bits per heavy atom. The number of halogens is 2. The van der Waals surface area contributed by atoms with Gasteiger partial charge in [0.15, 0.2) is 0 Å². The first-order valence-electron chi connectivity index (χ1n) is 6.76. The first kappa shape index (κ1) is 16.1. The van der Waals surface area contributed by atoms with Gasteiger partial charge in [0.2, 0.25) is 10.0 Å². The second kappa shape index (κ2) is 6.65. The van der Waals surface area contributed by atoms with Crippen LogP contribution in [-0.2, 0) is 15.9 Å². The fraction of sp³-hybridized carbons (Fsp3) is 0.571. The van der Waals surface area contributed by atoms with Crippen LogP contribution in [-0.4, -0.2) is 26.3 Å². The van der Waals surface area contributed by atoms with Gasteiger partial charge in [0, 0.05) is 24.5 Å². The Morgan fingerprint density at radius 1 is 1.30 bits per heavy atom. The molecule has 2 rings (SSSR count). The maximum Gasteiger partial charge on any atom is 0.242 e. The standard InChI is InChI=1S/C14H19Cl2NO2S/c1-17(10-11-4-2-3-5-11)20(18,19)13-6-7-14(16)12(8-13)9-15/h6-8,11H,2-5,9-10H2,1H3. The third-order valence-electron chi connectivity index (χ3n) is 3.86. The van der Waals surface area contributed by atoms with Crippen molar-refractivity contribution in [2.45, 2.75) is 36.5 Å². The fourth-order valence-corrected chi connectivity index (χ4v) is 4.42. The van der Waals surface area contributed by atoms with E-state index in [0.29, 0.717) is 23.0 Å². The van der Waals surface area contributed by atoms with Gasteiger partial charge >= 0.3 is 0 Å². The van der Waals surface area contributed by atoms with Crippen molar-refractivity contribution in [1.82, 2.24) is 4.31 Å². The predicted octanol–water partition coefficient (Wildman–Crippen LogP) is 3.89. The van der Waals surface area contributed by atoms with Crippen LogP contribution in [0.1, 0.15) is 31.2 Å². The summed E-state index contributed by atoms with van der Waals surface area (Å²) in [4.78, 5) is 0.262. The summed E-state index contributed by atoms with van der Waals surface area (Å²) in [6.07, 6.45) is 4.65. The number of nitrogens with zero attached hydrogens (tertiary/aromatic N) is 1. The van der Waals surface area contributed by atoms with Crippen LogP contribution in [0, 0.1) is 5.92 Å². The predicted molar refractivity (Wildman–Crippen MR) is 82.8 cm³/mol. The van der Waals surface area contributed by atoms with Crippen molar-refractivity contribution >= 4 is 33.2 Å². The number of rotatable bonds is 5. The molecule has 0 amide bonds. The highest BCUT2D eigenvalue weighted by molar-refractivity contribution is 7.89. The molecule has 1 aromatic rings. The van der Waals surface area contributed by atoms with Crippen LogP contribution in [0.3, 0.4) is 0 Å². The molecule has 6 heteroatoms. The summed E-state index contributed by atoms with van der Waals surface area (Å²) in [6, 6.07) is 4.70. The van der Waals surface area contributed by atoms with Crippen molar-refractivity contribution in [3.63, 3.8) is 0 Å². The highest BCUT2D eigenvalue weighted by Gasteiger charge is 2.25. The van der Waals surface area contributed by atoms with Gasteiger partial charge in [0.05, 0.1) is 4.90 Å². The molecule has 0 heterocycles. The van der Waals surface area contributed by atoms with Gasteiger partial charge in [-0.3, -0.25) is 0 Å². The SMILES string of the molecule is CN(CC1CCCC1)S(=O)(=O)c1ccc(Cl)c(CCl)c1. The van der Waals surface area contributed by atoms with E-state index in [2.05, 4.69) is 0 Å². The van der Waals surface area contributed by atoms with Crippen molar-refractivity contribution in [2.24, 2.45) is 5.92 Å². The van der Waals surface area contributed by atoms with Gasteiger partial charge in [-0.1, -0.05) is 24.4 Å². The largest absolute Gasteiger partial charge is 0.242 e. The van der Waals surface area contributed by atoms with E-state index < -0.39 is 10.0 Å². The molecule has 1 aliphatic rings. The quantitative estimate of drug-likeness (QED) is 0.765. The van der Waals surface area contributed by atoms with Crippen molar-refractivity contribution in [1.29, 1.82) is 0 Å². The average molecular weight is 336 g/mol. The molecule has 0 unspecified atom stereocenters. The summed E-state index contributed by atoms with van der Waals surface area (Å²) in [7, 11) is -1.82. The van der Waals surface area contributed by atoms with Gasteiger partial charge in [-0.15, -0.1) is 11.6 Å². The molecular formula is C14H19Cl2NO2S. The molecule has 0 aliphatic heterocycles. The molecule has 112 valence electrons. The monoisotopic (exact) mass is 335 g/mol. The highest BCUT2D eigenvalue weighted by atomic mass is 35.5. The third kappa shape index (κ3) is 3.48. The molecule has 0 radical (unpaired) electrons. The molecule has 1 fully saturated rings. The van der Waals surface area contributed by atoms with E-state index >= 15 is 0 Å². The minimum Gasteiger partial charge on any atom is -0.207 e. The Labute approximate surface area is 130 Å². The summed E-state index contributed by atoms with van der Waals surface area (Å²) < 4.78 is 26.5. The zero-order chi connectivity index (χ0) is 14.8. The van der Waals surface area contributed by atoms with Crippen LogP contribution in [0.4, 0.5) is 0 Å². The van der Waals surface area contributed by atoms with E-state index in [0.717, 1.165) is 12.8 Å². The maximum atomic E-state index is 12.5. The molecule has 1 aromatic carbocycles. The van der Waals surface area contributed by atoms with Crippen molar-refractivity contribution < 1.29 is 8.42 Å². The molecule has 0 aromatic heterocycles. The van der Waals surface area contributed by atoms with E-state index in [9.17, 15) is 8.42 Å². The van der Waals surface area contributed by atoms with E-state index in [1.165, 1.54) is 17.1 Å². The van der Waals surface area contributed by atoms with Crippen LogP contribution in [0.25, 0.3) is 0 Å². The van der Waals surface area contributed by atoms with Crippen molar-refractivity contribution in [2.75, 3.05) is 13.6 Å². The topological polar surface area (TPSA) is 37.4 Å². The average Bonchev–Trinajstić information content (AvgIpc) is 2.91. The smallest absolute Gasteiger partial charge is 0.207 e. The van der Waals surface area contributed by atoms with Gasteiger partial charge in [0.25, 0.3) is 0 Å². The molecule has 1 aliphatic carbocycles. The van der Waals surface area contributed by atoms with Crippen LogP contribution in [0.2, 0.25) is 5.02 Å². The molecule has 0 saturated heterocycles. The van der Waals surface area contributed by atoms with Crippen LogP contribution in [0.5, 0.6) is 0 Å². The molecular weight excluding hydrogens is 317 g/mol. The lowest BCUT2D eigenvalue weighted by atomic mass is 10.1. The van der Waals surface area contributed by atoms with Crippen LogP contribution in [0.15, 0.2) is 23.1 Å². The second-order valence-corrected chi connectivity index (χ2v) is 8.04. The first-order valence-corrected chi connectivity index (χ1v) is 9.11. The van der Waals surface area contributed by atoms with Gasteiger partial charge in [-0.05, 0) is 42.5 Å². The Hall–Kier alpha value is -0.290. The number of hydrogen-bond donors (Lipinski definition) is 0. The lowest BCUT2D eigenvalue weighted by molar-refractivity contribution is 0.387. The van der Waals surface area contributed by atoms with Crippen molar-refractivity contribution in [3.8, 4) is 0 Å². The highest BCUT2D eigenvalue weighted by Crippen LogP contribution is 2.28. The molecule has 0 N–H and O–H groups in total. The van der Waals surface area contributed by atoms with Gasteiger partial charge < -0.3 is 0 Å². The summed E-state index contributed by atoms with van der Waals surface area (Å²) in [6.45, 7) is 0.584. The van der Waals surface area contributed by atoms with E-state index in [1.54, 1.807) is 25.2 Å². The van der Waals surface area contributed by atoms with E-state index in [4.69, 9.17) is 23.2 Å². The zero-order valence-electron chi connectivity index (χ0n) is 11.5. The second-order valence-electron chi connectivity index (χ2n) is 5.32. The number of benzene rings is 1. The number of alkyl halides is 1. The lowest BCUT2D eigenvalue weighted by Crippen LogP contribution is -2.31. The van der Waals surface area contributed by atoms with E-state index in [1.807, 2.05) is 0 Å². The summed E-state index contributed by atoms with van der Waals surface area (Å²) in [5.74, 6) is 0.684. The molecule has 1 saturated carbocycles.